The van der Waals surface area contributed by atoms with Crippen molar-refractivity contribution in [2.24, 2.45) is 5.73 Å². The van der Waals surface area contributed by atoms with Gasteiger partial charge in [0.25, 0.3) is 0 Å². The van der Waals surface area contributed by atoms with Crippen molar-refractivity contribution >= 4 is 0 Å². The van der Waals surface area contributed by atoms with Crippen LogP contribution in [0, 0.1) is 0 Å². The van der Waals surface area contributed by atoms with Gasteiger partial charge < -0.3 is 10.5 Å². The molecule has 0 radical (unpaired) electrons. The van der Waals surface area contributed by atoms with E-state index in [2.05, 4.69) is 16.9 Å². The van der Waals surface area contributed by atoms with E-state index in [1.165, 1.54) is 32.1 Å². The third-order valence-electron chi connectivity index (χ3n) is 3.83. The molecule has 108 valence electrons. The maximum Gasteiger partial charge on any atom is 0.0647 e. The molecule has 0 saturated heterocycles. The summed E-state index contributed by atoms with van der Waals surface area (Å²) in [5.41, 5.74) is 7.00. The third-order valence-corrected chi connectivity index (χ3v) is 3.83. The van der Waals surface area contributed by atoms with E-state index in [4.69, 9.17) is 15.6 Å². The van der Waals surface area contributed by atoms with Crippen LogP contribution in [-0.4, -0.2) is 28.5 Å². The van der Waals surface area contributed by atoms with Crippen LogP contribution >= 0.6 is 0 Å². The maximum atomic E-state index is 6.25. The molecule has 1 saturated carbocycles. The molecule has 19 heavy (non-hydrogen) atoms. The molecule has 1 aromatic rings. The number of nitrogens with zero attached hydrogens (tertiary/aromatic N) is 2. The van der Waals surface area contributed by atoms with Crippen LogP contribution in [0.25, 0.3) is 0 Å². The molecule has 2 rings (SSSR count). The molecule has 4 nitrogen and oxygen atoms in total. The molecular weight excluding hydrogens is 238 g/mol. The minimum atomic E-state index is -0.332. The van der Waals surface area contributed by atoms with Gasteiger partial charge in [-0.05, 0) is 32.8 Å². The van der Waals surface area contributed by atoms with Gasteiger partial charge >= 0.3 is 0 Å². The van der Waals surface area contributed by atoms with E-state index in [1.54, 1.807) is 0 Å². The number of hydrogen-bond donors (Lipinski definition) is 1. The molecule has 0 spiro atoms. The van der Waals surface area contributed by atoms with Crippen LogP contribution in [0.3, 0.4) is 0 Å². The summed E-state index contributed by atoms with van der Waals surface area (Å²) in [4.78, 5) is 0. The summed E-state index contributed by atoms with van der Waals surface area (Å²) in [5, 5.41) is 4.71. The van der Waals surface area contributed by atoms with Crippen LogP contribution in [-0.2, 0) is 11.2 Å². The molecule has 0 aliphatic heterocycles. The van der Waals surface area contributed by atoms with E-state index < -0.39 is 0 Å². The summed E-state index contributed by atoms with van der Waals surface area (Å²) in [6.07, 6.45) is 9.45. The van der Waals surface area contributed by atoms with Crippen LogP contribution in [0.4, 0.5) is 0 Å². The zero-order valence-electron chi connectivity index (χ0n) is 12.3. The van der Waals surface area contributed by atoms with Crippen molar-refractivity contribution in [3.05, 3.63) is 18.0 Å². The number of rotatable bonds is 6. The van der Waals surface area contributed by atoms with Crippen LogP contribution in [0.2, 0.25) is 0 Å². The van der Waals surface area contributed by atoms with Crippen LogP contribution in [0.5, 0.6) is 0 Å². The topological polar surface area (TPSA) is 53.1 Å². The summed E-state index contributed by atoms with van der Waals surface area (Å²) in [6.45, 7) is 5.32. The van der Waals surface area contributed by atoms with Gasteiger partial charge in [0.1, 0.15) is 0 Å². The fourth-order valence-corrected chi connectivity index (χ4v) is 2.82. The number of ether oxygens (including phenoxy) is 1. The minimum absolute atomic E-state index is 0.332. The Morgan fingerprint density at radius 1 is 1.42 bits per heavy atom. The van der Waals surface area contributed by atoms with Crippen molar-refractivity contribution in [1.82, 2.24) is 9.78 Å². The first-order valence-electron chi connectivity index (χ1n) is 7.51. The summed E-state index contributed by atoms with van der Waals surface area (Å²) in [6, 6.07) is 2.70. The van der Waals surface area contributed by atoms with Gasteiger partial charge in [-0.1, -0.05) is 19.3 Å². The molecule has 0 amide bonds. The highest BCUT2D eigenvalue weighted by Gasteiger charge is 2.22. The van der Waals surface area contributed by atoms with Gasteiger partial charge in [0, 0.05) is 24.8 Å². The van der Waals surface area contributed by atoms with Crippen molar-refractivity contribution < 1.29 is 4.74 Å². The summed E-state index contributed by atoms with van der Waals surface area (Å²) >= 11 is 0. The van der Waals surface area contributed by atoms with Crippen LogP contribution in [0.1, 0.15) is 57.7 Å². The molecule has 1 fully saturated rings. The monoisotopic (exact) mass is 265 g/mol. The molecule has 0 bridgehead atoms. The predicted octanol–water partition coefficient (Wildman–Crippen LogP) is 2.68. The Hall–Kier alpha value is -0.870. The fraction of sp³-hybridized carbons (Fsp3) is 0.800. The summed E-state index contributed by atoms with van der Waals surface area (Å²) in [7, 11) is 0. The number of aromatic nitrogens is 2. The van der Waals surface area contributed by atoms with Crippen LogP contribution in [0.15, 0.2) is 12.3 Å². The Labute approximate surface area is 116 Å². The van der Waals surface area contributed by atoms with Crippen molar-refractivity contribution in [3.8, 4) is 0 Å². The van der Waals surface area contributed by atoms with Crippen molar-refractivity contribution in [2.45, 2.75) is 64.0 Å². The highest BCUT2D eigenvalue weighted by molar-refractivity contribution is 5.05. The molecule has 1 aliphatic rings. The van der Waals surface area contributed by atoms with E-state index in [9.17, 15) is 0 Å². The first kappa shape index (κ1) is 14.5. The molecule has 1 aliphatic carbocycles. The zero-order chi connectivity index (χ0) is 13.7. The zero-order valence-corrected chi connectivity index (χ0v) is 12.3. The van der Waals surface area contributed by atoms with Crippen molar-refractivity contribution in [3.63, 3.8) is 0 Å². The lowest BCUT2D eigenvalue weighted by atomic mass is 9.96. The normalized spacial score (nSPS) is 20.4. The second-order valence-corrected chi connectivity index (χ2v) is 6.05. The van der Waals surface area contributed by atoms with Gasteiger partial charge in [0.2, 0.25) is 0 Å². The Balaban J connectivity index is 1.92. The molecule has 1 heterocycles. The average Bonchev–Trinajstić information content (AvgIpc) is 2.85. The lowest BCUT2D eigenvalue weighted by Crippen LogP contribution is -2.43. The first-order chi connectivity index (χ1) is 9.11. The molecule has 2 N–H and O–H groups in total. The molecule has 1 atom stereocenters. The molecular formula is C15H27N3O. The van der Waals surface area contributed by atoms with Crippen molar-refractivity contribution in [1.29, 1.82) is 0 Å². The Morgan fingerprint density at radius 2 is 2.16 bits per heavy atom. The van der Waals surface area contributed by atoms with E-state index in [1.807, 2.05) is 13.8 Å². The Morgan fingerprint density at radius 3 is 2.84 bits per heavy atom. The second kappa shape index (κ2) is 6.53. The quantitative estimate of drug-likeness (QED) is 0.860. The van der Waals surface area contributed by atoms with Crippen LogP contribution < -0.4 is 5.73 Å². The summed E-state index contributed by atoms with van der Waals surface area (Å²) in [5.74, 6) is 0. The van der Waals surface area contributed by atoms with Gasteiger partial charge in [-0.25, -0.2) is 0 Å². The highest BCUT2D eigenvalue weighted by atomic mass is 16.5. The number of nitrogens with two attached hydrogens (primary N) is 1. The first-order valence-corrected chi connectivity index (χ1v) is 7.51. The second-order valence-electron chi connectivity index (χ2n) is 6.05. The predicted molar refractivity (Wildman–Crippen MR) is 77.1 cm³/mol. The third kappa shape index (κ3) is 4.32. The van der Waals surface area contributed by atoms with E-state index in [0.717, 1.165) is 12.1 Å². The summed E-state index contributed by atoms with van der Waals surface area (Å²) < 4.78 is 7.58. The SMILES string of the molecule is CCOCC(C)(N)Cc1ccn(C2CCCCC2)n1. The largest absolute Gasteiger partial charge is 0.380 e. The lowest BCUT2D eigenvalue weighted by molar-refractivity contribution is 0.101. The van der Waals surface area contributed by atoms with Gasteiger partial charge in [0.05, 0.1) is 18.3 Å². The minimum Gasteiger partial charge on any atom is -0.380 e. The molecule has 4 heteroatoms. The molecule has 1 aromatic heterocycles. The fourth-order valence-electron chi connectivity index (χ4n) is 2.82. The average molecular weight is 265 g/mol. The van der Waals surface area contributed by atoms with E-state index in [0.29, 0.717) is 19.3 Å². The maximum absolute atomic E-state index is 6.25. The highest BCUT2D eigenvalue weighted by Crippen LogP contribution is 2.27. The Bertz CT molecular complexity index is 380. The standard InChI is InChI=1S/C15H27N3O/c1-3-19-12-15(2,16)11-13-9-10-18(17-13)14-7-5-4-6-8-14/h9-10,14H,3-8,11-12,16H2,1-2H3. The Kier molecular flexibility index (Phi) is 4.99. The van der Waals surface area contributed by atoms with E-state index in [-0.39, 0.29) is 5.54 Å². The van der Waals surface area contributed by atoms with Crippen molar-refractivity contribution in [2.75, 3.05) is 13.2 Å². The van der Waals surface area contributed by atoms with Gasteiger partial charge in [-0.15, -0.1) is 0 Å². The molecule has 1 unspecified atom stereocenters. The van der Waals surface area contributed by atoms with Gasteiger partial charge in [0.15, 0.2) is 0 Å². The smallest absolute Gasteiger partial charge is 0.0647 e. The molecule has 0 aromatic carbocycles. The van der Waals surface area contributed by atoms with Gasteiger partial charge in [-0.3, -0.25) is 4.68 Å². The number of hydrogen-bond acceptors (Lipinski definition) is 3. The van der Waals surface area contributed by atoms with Gasteiger partial charge in [-0.2, -0.15) is 5.10 Å². The lowest BCUT2D eigenvalue weighted by Gasteiger charge is -2.24. The van der Waals surface area contributed by atoms with E-state index >= 15 is 0 Å².